The van der Waals surface area contributed by atoms with Gasteiger partial charge in [0.15, 0.2) is 0 Å². The molecule has 0 atom stereocenters. The van der Waals surface area contributed by atoms with Gasteiger partial charge in [0, 0.05) is 16.3 Å². The van der Waals surface area contributed by atoms with E-state index in [0.717, 1.165) is 23.0 Å². The third-order valence-corrected chi connectivity index (χ3v) is 5.16. The van der Waals surface area contributed by atoms with Crippen LogP contribution in [0.5, 0.6) is 0 Å². The first kappa shape index (κ1) is 15.5. The molecule has 0 bridgehead atoms. The summed E-state index contributed by atoms with van der Waals surface area (Å²) in [6.07, 6.45) is 0. The van der Waals surface area contributed by atoms with Crippen molar-refractivity contribution in [1.82, 2.24) is 10.3 Å². The molecule has 0 aliphatic rings. The Kier molecular flexibility index (Phi) is 5.57. The molecule has 0 saturated heterocycles. The lowest BCUT2D eigenvalue weighted by Crippen LogP contribution is -2.06. The summed E-state index contributed by atoms with van der Waals surface area (Å²) in [5.74, 6) is 0.977. The van der Waals surface area contributed by atoms with Crippen molar-refractivity contribution in [2.45, 2.75) is 37.0 Å². The Morgan fingerprint density at radius 2 is 2.10 bits per heavy atom. The van der Waals surface area contributed by atoms with E-state index < -0.39 is 0 Å². The number of rotatable bonds is 6. The summed E-state index contributed by atoms with van der Waals surface area (Å²) < 4.78 is 13.6. The molecule has 1 aromatic heterocycles. The van der Waals surface area contributed by atoms with Gasteiger partial charge >= 0.3 is 0 Å². The molecule has 0 fully saturated rings. The van der Waals surface area contributed by atoms with Crippen molar-refractivity contribution in [1.29, 1.82) is 0 Å². The van der Waals surface area contributed by atoms with E-state index in [0.29, 0.717) is 10.8 Å². The second-order valence-corrected chi connectivity index (χ2v) is 7.01. The van der Waals surface area contributed by atoms with Gasteiger partial charge in [-0.2, -0.15) is 0 Å². The van der Waals surface area contributed by atoms with Gasteiger partial charge in [-0.25, -0.2) is 9.37 Å². The molecule has 0 saturated carbocycles. The van der Waals surface area contributed by atoms with E-state index in [9.17, 15) is 4.39 Å². The second kappa shape index (κ2) is 7.20. The molecule has 20 heavy (non-hydrogen) atoms. The van der Waals surface area contributed by atoms with Crippen LogP contribution in [0.2, 0.25) is 0 Å². The first-order valence-electron chi connectivity index (χ1n) is 6.62. The minimum atomic E-state index is -0.159. The van der Waals surface area contributed by atoms with E-state index in [4.69, 9.17) is 4.98 Å². The molecule has 1 aromatic carbocycles. The quantitative estimate of drug-likeness (QED) is 0.800. The van der Waals surface area contributed by atoms with Gasteiger partial charge in [0.1, 0.15) is 10.8 Å². The smallest absolute Gasteiger partial charge is 0.136 e. The molecule has 0 aliphatic heterocycles. The number of benzene rings is 1. The number of hydrogen-bond donors (Lipinski definition) is 1. The Labute approximate surface area is 127 Å². The van der Waals surface area contributed by atoms with Crippen LogP contribution < -0.4 is 5.32 Å². The van der Waals surface area contributed by atoms with Crippen molar-refractivity contribution in [3.8, 4) is 0 Å². The number of halogens is 1. The highest BCUT2D eigenvalue weighted by Gasteiger charge is 2.14. The summed E-state index contributed by atoms with van der Waals surface area (Å²) >= 11 is 3.23. The lowest BCUT2D eigenvalue weighted by Gasteiger charge is -2.03. The highest BCUT2D eigenvalue weighted by molar-refractivity contribution is 7.98. The predicted octanol–water partition coefficient (Wildman–Crippen LogP) is 4.42. The molecule has 0 radical (unpaired) electrons. The first-order chi connectivity index (χ1) is 9.61. The van der Waals surface area contributed by atoms with E-state index >= 15 is 0 Å². The summed E-state index contributed by atoms with van der Waals surface area (Å²) in [5, 5.41) is 4.24. The van der Waals surface area contributed by atoms with E-state index in [-0.39, 0.29) is 5.82 Å². The predicted molar refractivity (Wildman–Crippen MR) is 84.9 cm³/mol. The van der Waals surface area contributed by atoms with Crippen molar-refractivity contribution in [2.24, 2.45) is 0 Å². The molecule has 1 N–H and O–H groups in total. The SMILES string of the molecule is CNCc1sc(CSc2ccccc2F)nc1C(C)C. The normalized spacial score (nSPS) is 11.2. The maximum Gasteiger partial charge on any atom is 0.136 e. The van der Waals surface area contributed by atoms with E-state index in [1.165, 1.54) is 22.7 Å². The maximum atomic E-state index is 13.6. The van der Waals surface area contributed by atoms with Crippen LogP contribution in [0, 0.1) is 5.82 Å². The molecule has 0 spiro atoms. The number of thioether (sulfide) groups is 1. The molecule has 2 aromatic rings. The fourth-order valence-electron chi connectivity index (χ4n) is 1.92. The third-order valence-electron chi connectivity index (χ3n) is 2.84. The number of nitrogens with one attached hydrogen (secondary N) is 1. The van der Waals surface area contributed by atoms with Gasteiger partial charge in [0.05, 0.1) is 11.4 Å². The summed E-state index contributed by atoms with van der Waals surface area (Å²) in [6, 6.07) is 6.88. The summed E-state index contributed by atoms with van der Waals surface area (Å²) in [5.41, 5.74) is 1.16. The average molecular weight is 310 g/mol. The van der Waals surface area contributed by atoms with Crippen LogP contribution >= 0.6 is 23.1 Å². The van der Waals surface area contributed by atoms with Gasteiger partial charge in [-0.3, -0.25) is 0 Å². The van der Waals surface area contributed by atoms with Gasteiger partial charge in [-0.05, 0) is 25.1 Å². The van der Waals surface area contributed by atoms with Crippen LogP contribution in [0.1, 0.15) is 35.3 Å². The topological polar surface area (TPSA) is 24.9 Å². The number of thiazole rings is 1. The lowest BCUT2D eigenvalue weighted by atomic mass is 10.1. The molecule has 5 heteroatoms. The number of hydrogen-bond acceptors (Lipinski definition) is 4. The maximum absolute atomic E-state index is 13.6. The van der Waals surface area contributed by atoms with Crippen LogP contribution in [0.4, 0.5) is 4.39 Å². The fourth-order valence-corrected chi connectivity index (χ4v) is 4.08. The van der Waals surface area contributed by atoms with E-state index in [1.54, 1.807) is 17.4 Å². The zero-order chi connectivity index (χ0) is 14.5. The highest BCUT2D eigenvalue weighted by Crippen LogP contribution is 2.30. The van der Waals surface area contributed by atoms with Crippen LogP contribution in [-0.2, 0) is 12.3 Å². The number of aromatic nitrogens is 1. The van der Waals surface area contributed by atoms with Gasteiger partial charge < -0.3 is 5.32 Å². The summed E-state index contributed by atoms with van der Waals surface area (Å²) in [7, 11) is 1.94. The average Bonchev–Trinajstić information content (AvgIpc) is 2.82. The van der Waals surface area contributed by atoms with Crippen LogP contribution in [0.25, 0.3) is 0 Å². The standard InChI is InChI=1S/C15H19FN2S2/c1-10(2)15-13(8-17-3)20-14(18-15)9-19-12-7-5-4-6-11(12)16/h4-7,10,17H,8-9H2,1-3H3. The Morgan fingerprint density at radius 1 is 1.35 bits per heavy atom. The third kappa shape index (κ3) is 3.81. The fraction of sp³-hybridized carbons (Fsp3) is 0.400. The zero-order valence-corrected chi connectivity index (χ0v) is 13.6. The van der Waals surface area contributed by atoms with Crippen LogP contribution in [0.3, 0.4) is 0 Å². The molecular weight excluding hydrogens is 291 g/mol. The number of nitrogens with zero attached hydrogens (tertiary/aromatic N) is 1. The van der Waals surface area contributed by atoms with Gasteiger partial charge in [-0.1, -0.05) is 26.0 Å². The second-order valence-electron chi connectivity index (χ2n) is 4.82. The highest BCUT2D eigenvalue weighted by atomic mass is 32.2. The van der Waals surface area contributed by atoms with E-state index in [2.05, 4.69) is 19.2 Å². The first-order valence-corrected chi connectivity index (χ1v) is 8.42. The molecule has 1 heterocycles. The monoisotopic (exact) mass is 310 g/mol. The Morgan fingerprint density at radius 3 is 2.75 bits per heavy atom. The summed E-state index contributed by atoms with van der Waals surface area (Å²) in [4.78, 5) is 6.68. The molecule has 0 unspecified atom stereocenters. The van der Waals surface area contributed by atoms with E-state index in [1.807, 2.05) is 19.2 Å². The Balaban J connectivity index is 2.10. The van der Waals surface area contributed by atoms with Crippen molar-refractivity contribution in [3.63, 3.8) is 0 Å². The van der Waals surface area contributed by atoms with Gasteiger partial charge in [0.25, 0.3) is 0 Å². The largest absolute Gasteiger partial charge is 0.315 e. The van der Waals surface area contributed by atoms with Crippen LogP contribution in [-0.4, -0.2) is 12.0 Å². The molecule has 108 valence electrons. The molecule has 2 nitrogen and oxygen atoms in total. The Bertz CT molecular complexity index is 567. The molecule has 0 aliphatic carbocycles. The van der Waals surface area contributed by atoms with Crippen molar-refractivity contribution >= 4 is 23.1 Å². The van der Waals surface area contributed by atoms with Crippen molar-refractivity contribution in [3.05, 3.63) is 45.7 Å². The minimum absolute atomic E-state index is 0.159. The van der Waals surface area contributed by atoms with Crippen LogP contribution in [0.15, 0.2) is 29.2 Å². The van der Waals surface area contributed by atoms with Gasteiger partial charge in [0.2, 0.25) is 0 Å². The van der Waals surface area contributed by atoms with Crippen molar-refractivity contribution < 1.29 is 4.39 Å². The zero-order valence-electron chi connectivity index (χ0n) is 11.9. The molecule has 0 amide bonds. The molecule has 2 rings (SSSR count). The Hall–Kier alpha value is -0.910. The minimum Gasteiger partial charge on any atom is -0.315 e. The molecular formula is C15H19FN2S2. The van der Waals surface area contributed by atoms with Gasteiger partial charge in [-0.15, -0.1) is 23.1 Å². The lowest BCUT2D eigenvalue weighted by molar-refractivity contribution is 0.602. The summed E-state index contributed by atoms with van der Waals surface area (Å²) in [6.45, 7) is 5.15. The van der Waals surface area contributed by atoms with Crippen molar-refractivity contribution in [2.75, 3.05) is 7.05 Å².